The van der Waals surface area contributed by atoms with Crippen LogP contribution in [0.4, 0.5) is 13.2 Å². The molecular formula is C17H14BrF3N2O4. The van der Waals surface area contributed by atoms with Gasteiger partial charge in [-0.05, 0) is 5.56 Å². The second kappa shape index (κ2) is 7.95. The van der Waals surface area contributed by atoms with Crippen molar-refractivity contribution < 1.29 is 32.3 Å². The Labute approximate surface area is 161 Å². The van der Waals surface area contributed by atoms with Gasteiger partial charge in [-0.2, -0.15) is 13.2 Å². The maximum absolute atomic E-state index is 13.1. The molecule has 10 heteroatoms. The topological polar surface area (TPSA) is 66.9 Å². The summed E-state index contributed by atoms with van der Waals surface area (Å²) in [4.78, 5) is 37.3. The Hall–Kier alpha value is -2.62. The fourth-order valence-electron chi connectivity index (χ4n) is 2.38. The number of carbonyl (C=O) groups excluding carboxylic acids is 3. The normalized spacial score (nSPS) is 14.4. The molecule has 1 aromatic rings. The predicted molar refractivity (Wildman–Crippen MR) is 92.2 cm³/mol. The van der Waals surface area contributed by atoms with Gasteiger partial charge in [-0.25, -0.2) is 4.79 Å². The summed E-state index contributed by atoms with van der Waals surface area (Å²) < 4.78 is 44.3. The number of hydrogen-bond donors (Lipinski definition) is 0. The van der Waals surface area contributed by atoms with Crippen LogP contribution in [0.1, 0.15) is 15.9 Å². The van der Waals surface area contributed by atoms with Gasteiger partial charge in [0.1, 0.15) is 5.70 Å². The Bertz CT molecular complexity index is 849. The van der Waals surface area contributed by atoms with Gasteiger partial charge in [-0.3, -0.25) is 13.5 Å². The van der Waals surface area contributed by atoms with Crippen molar-refractivity contribution in [2.45, 2.75) is 12.6 Å². The van der Waals surface area contributed by atoms with Crippen LogP contribution in [0, 0.1) is 0 Å². The molecule has 0 radical (unpaired) electrons. The third-order valence-corrected chi connectivity index (χ3v) is 4.40. The zero-order chi connectivity index (χ0) is 20.4. The third-order valence-electron chi connectivity index (χ3n) is 3.63. The fourth-order valence-corrected chi connectivity index (χ4v) is 2.96. The average molecular weight is 447 g/mol. The van der Waals surface area contributed by atoms with Crippen molar-refractivity contribution in [3.8, 4) is 0 Å². The number of hydrogen-bond acceptors (Lipinski definition) is 6. The summed E-state index contributed by atoms with van der Waals surface area (Å²) >= 11 is 2.77. The second-order valence-electron chi connectivity index (χ2n) is 5.55. The van der Waals surface area contributed by atoms with E-state index in [9.17, 15) is 27.6 Å². The zero-order valence-electron chi connectivity index (χ0n) is 14.2. The van der Waals surface area contributed by atoms with E-state index in [-0.39, 0.29) is 23.2 Å². The largest absolute Gasteiger partial charge is 0.463 e. The maximum atomic E-state index is 13.1. The molecule has 1 heterocycles. The van der Waals surface area contributed by atoms with Crippen LogP contribution in [0.2, 0.25) is 0 Å². The van der Waals surface area contributed by atoms with Gasteiger partial charge >= 0.3 is 12.1 Å². The highest BCUT2D eigenvalue weighted by Crippen LogP contribution is 2.36. The maximum Gasteiger partial charge on any atom is 0.433 e. The summed E-state index contributed by atoms with van der Waals surface area (Å²) in [6.45, 7) is 0. The molecule has 0 bridgehead atoms. The van der Waals surface area contributed by atoms with E-state index in [0.29, 0.717) is 3.93 Å². The van der Waals surface area contributed by atoms with Crippen LogP contribution in [0.3, 0.4) is 0 Å². The van der Waals surface area contributed by atoms with Crippen LogP contribution in [0.25, 0.3) is 0 Å². The number of rotatable bonds is 5. The fraction of sp³-hybridized carbons (Fsp3) is 0.235. The third kappa shape index (κ3) is 4.57. The van der Waals surface area contributed by atoms with Crippen molar-refractivity contribution in [2.75, 3.05) is 14.2 Å². The molecule has 0 spiro atoms. The molecule has 0 aliphatic carbocycles. The van der Waals surface area contributed by atoms with Crippen LogP contribution in [0.15, 0.2) is 48.1 Å². The van der Waals surface area contributed by atoms with E-state index >= 15 is 0 Å². The molecule has 1 aliphatic rings. The van der Waals surface area contributed by atoms with Gasteiger partial charge in [0.15, 0.2) is 11.5 Å². The number of methoxy groups -OCH3 is 1. The van der Waals surface area contributed by atoms with E-state index in [0.717, 1.165) is 18.2 Å². The number of benzene rings is 1. The Kier molecular flexibility index (Phi) is 6.09. The molecule has 0 aromatic heterocycles. The highest BCUT2D eigenvalue weighted by atomic mass is 79.9. The number of alkyl halides is 3. The molecule has 0 saturated heterocycles. The lowest BCUT2D eigenvalue weighted by Crippen LogP contribution is -2.33. The van der Waals surface area contributed by atoms with Gasteiger partial charge in [0.05, 0.1) is 23.3 Å². The minimum absolute atomic E-state index is 0.0461. The molecule has 0 saturated carbocycles. The summed E-state index contributed by atoms with van der Waals surface area (Å²) in [7, 11) is 2.40. The Morgan fingerprint density at radius 1 is 1.15 bits per heavy atom. The van der Waals surface area contributed by atoms with Gasteiger partial charge < -0.3 is 9.64 Å². The molecule has 27 heavy (non-hydrogen) atoms. The highest BCUT2D eigenvalue weighted by molar-refractivity contribution is 9.07. The number of ketones is 2. The van der Waals surface area contributed by atoms with E-state index in [1.54, 1.807) is 6.07 Å². The molecule has 0 N–H and O–H groups in total. The summed E-state index contributed by atoms with van der Waals surface area (Å²) in [5.41, 5.74) is -1.19. The molecule has 0 amide bonds. The number of esters is 1. The average Bonchev–Trinajstić information content (AvgIpc) is 2.61. The Morgan fingerprint density at radius 2 is 1.78 bits per heavy atom. The smallest absolute Gasteiger partial charge is 0.433 e. The molecule has 144 valence electrons. The lowest BCUT2D eigenvalue weighted by Gasteiger charge is -2.30. The van der Waals surface area contributed by atoms with Crippen LogP contribution in [-0.2, 0) is 20.7 Å². The first-order valence-electron chi connectivity index (χ1n) is 7.48. The van der Waals surface area contributed by atoms with Crippen LogP contribution >= 0.6 is 16.1 Å². The van der Waals surface area contributed by atoms with Crippen molar-refractivity contribution in [2.24, 2.45) is 0 Å². The Balaban J connectivity index is 2.31. The first-order valence-corrected chi connectivity index (χ1v) is 8.19. The van der Waals surface area contributed by atoms with Crippen molar-refractivity contribution in [3.05, 3.63) is 59.2 Å². The molecule has 1 aromatic carbocycles. The van der Waals surface area contributed by atoms with E-state index in [4.69, 9.17) is 0 Å². The lowest BCUT2D eigenvalue weighted by molar-refractivity contribution is -0.135. The number of nitrogens with zero attached hydrogens (tertiary/aromatic N) is 2. The van der Waals surface area contributed by atoms with E-state index in [2.05, 4.69) is 20.9 Å². The zero-order valence-corrected chi connectivity index (χ0v) is 15.8. The first-order chi connectivity index (χ1) is 12.6. The molecule has 0 unspecified atom stereocenters. The minimum atomic E-state index is -4.68. The summed E-state index contributed by atoms with van der Waals surface area (Å²) in [6, 6.07) is 5.83. The van der Waals surface area contributed by atoms with E-state index in [1.165, 1.54) is 31.4 Å². The van der Waals surface area contributed by atoms with Gasteiger partial charge in [-0.1, -0.05) is 24.3 Å². The van der Waals surface area contributed by atoms with Crippen molar-refractivity contribution >= 4 is 33.7 Å². The monoisotopic (exact) mass is 446 g/mol. The number of carbonyl (C=O) groups is 3. The van der Waals surface area contributed by atoms with Gasteiger partial charge in [0.25, 0.3) is 5.78 Å². The SMILES string of the molecule is COC(=O)C(=O)c1ccccc1CC(=O)C1=CN(C)C=C(C(F)(F)F)N1Br. The van der Waals surface area contributed by atoms with Crippen LogP contribution < -0.4 is 0 Å². The van der Waals surface area contributed by atoms with Crippen molar-refractivity contribution in [3.63, 3.8) is 0 Å². The number of halogens is 4. The standard InChI is InChI=1S/C17H14BrF3N2O4/c1-22-8-12(23(18)14(9-22)17(19,20)21)13(24)7-10-5-3-4-6-11(10)15(25)16(26)27-2/h3-6,8-9H,7H2,1-2H3. The van der Waals surface area contributed by atoms with Crippen LogP contribution in [0.5, 0.6) is 0 Å². The summed E-state index contributed by atoms with van der Waals surface area (Å²) in [5, 5.41) is 0. The van der Waals surface area contributed by atoms with Gasteiger partial charge in [-0.15, -0.1) is 0 Å². The minimum Gasteiger partial charge on any atom is -0.463 e. The molecular weight excluding hydrogens is 433 g/mol. The molecule has 2 rings (SSSR count). The highest BCUT2D eigenvalue weighted by Gasteiger charge is 2.41. The number of allylic oxidation sites excluding steroid dienone is 2. The van der Waals surface area contributed by atoms with Gasteiger partial charge in [0, 0.05) is 31.4 Å². The summed E-state index contributed by atoms with van der Waals surface area (Å²) in [6.07, 6.45) is -3.03. The molecule has 0 fully saturated rings. The van der Waals surface area contributed by atoms with E-state index < -0.39 is 29.4 Å². The first kappa shape index (κ1) is 20.7. The van der Waals surface area contributed by atoms with Crippen LogP contribution in [-0.4, -0.2) is 46.7 Å². The predicted octanol–water partition coefficient (Wildman–Crippen LogP) is 2.96. The quantitative estimate of drug-likeness (QED) is 0.300. The second-order valence-corrected chi connectivity index (χ2v) is 6.26. The molecule has 6 nitrogen and oxygen atoms in total. The number of Topliss-reactive ketones (excluding diaryl/α,β-unsaturated/α-hetero) is 2. The van der Waals surface area contributed by atoms with Crippen molar-refractivity contribution in [1.82, 2.24) is 8.83 Å². The van der Waals surface area contributed by atoms with Gasteiger partial charge in [0.2, 0.25) is 0 Å². The lowest BCUT2D eigenvalue weighted by atomic mass is 9.98. The summed E-state index contributed by atoms with van der Waals surface area (Å²) in [5.74, 6) is -2.73. The Morgan fingerprint density at radius 3 is 2.37 bits per heavy atom. The molecule has 1 aliphatic heterocycles. The molecule has 0 atom stereocenters. The number of ether oxygens (including phenoxy) is 1. The van der Waals surface area contributed by atoms with E-state index in [1.807, 2.05) is 0 Å². The van der Waals surface area contributed by atoms with Crippen molar-refractivity contribution in [1.29, 1.82) is 0 Å².